The molecule has 0 aliphatic carbocycles. The summed E-state index contributed by atoms with van der Waals surface area (Å²) in [6.45, 7) is 0.429. The van der Waals surface area contributed by atoms with E-state index in [0.29, 0.717) is 0 Å². The highest BCUT2D eigenvalue weighted by atomic mass is 19.4. The van der Waals surface area contributed by atoms with Gasteiger partial charge in [0.25, 0.3) is 0 Å². The summed E-state index contributed by atoms with van der Waals surface area (Å²) in [6, 6.07) is 0. The average molecular weight is 253 g/mol. The number of aliphatic hydroxyl groups is 1. The minimum absolute atomic E-state index is 0.679. The van der Waals surface area contributed by atoms with Crippen molar-refractivity contribution in [2.45, 2.75) is 25.4 Å². The van der Waals surface area contributed by atoms with Crippen molar-refractivity contribution in [2.75, 3.05) is 6.54 Å². The van der Waals surface area contributed by atoms with Crippen LogP contribution in [0.15, 0.2) is 0 Å². The molecule has 1 atom stereocenters. The highest BCUT2D eigenvalue weighted by Gasteiger charge is 2.60. The number of hydrogen-bond donors (Lipinski definition) is 2. The van der Waals surface area contributed by atoms with Crippen LogP contribution in [0.25, 0.3) is 0 Å². The van der Waals surface area contributed by atoms with Crippen LogP contribution in [0.5, 0.6) is 0 Å². The van der Waals surface area contributed by atoms with E-state index < -0.39 is 36.8 Å². The van der Waals surface area contributed by atoms with Gasteiger partial charge in [0.1, 0.15) is 0 Å². The van der Waals surface area contributed by atoms with Crippen LogP contribution in [0.4, 0.5) is 26.3 Å². The van der Waals surface area contributed by atoms with E-state index in [2.05, 4.69) is 0 Å². The molecule has 3 nitrogen and oxygen atoms in total. The molecule has 0 bridgehead atoms. The molecule has 0 spiro atoms. The summed E-state index contributed by atoms with van der Waals surface area (Å²) in [4.78, 5) is 10.7. The molecule has 0 radical (unpaired) electrons. The van der Waals surface area contributed by atoms with E-state index in [1.165, 1.54) is 5.32 Å². The molecule has 0 aliphatic heterocycles. The SMILES string of the molecule is C[C@@H](O)CNC(=O)C(C(F)(F)F)C(F)(F)F. The van der Waals surface area contributed by atoms with Crippen molar-refractivity contribution in [3.8, 4) is 0 Å². The minimum Gasteiger partial charge on any atom is -0.392 e. The van der Waals surface area contributed by atoms with Gasteiger partial charge in [0.2, 0.25) is 11.8 Å². The monoisotopic (exact) mass is 253 g/mol. The second kappa shape index (κ2) is 4.89. The van der Waals surface area contributed by atoms with Crippen LogP contribution < -0.4 is 5.32 Å². The molecule has 0 rings (SSSR count). The molecule has 0 saturated carbocycles. The summed E-state index contributed by atoms with van der Waals surface area (Å²) in [5.74, 6) is -6.29. The van der Waals surface area contributed by atoms with E-state index >= 15 is 0 Å². The molecule has 0 aromatic carbocycles. The predicted octanol–water partition coefficient (Wildman–Crippen LogP) is 1.22. The Morgan fingerprint density at radius 1 is 1.19 bits per heavy atom. The van der Waals surface area contributed by atoms with Crippen LogP contribution >= 0.6 is 0 Å². The van der Waals surface area contributed by atoms with E-state index in [0.717, 1.165) is 6.92 Å². The largest absolute Gasteiger partial charge is 0.409 e. The van der Waals surface area contributed by atoms with Gasteiger partial charge in [0.15, 0.2) is 0 Å². The summed E-state index contributed by atoms with van der Waals surface area (Å²) in [7, 11) is 0. The highest BCUT2D eigenvalue weighted by molar-refractivity contribution is 5.80. The van der Waals surface area contributed by atoms with Crippen molar-refractivity contribution in [2.24, 2.45) is 5.92 Å². The van der Waals surface area contributed by atoms with Crippen LogP contribution in [0.3, 0.4) is 0 Å². The quantitative estimate of drug-likeness (QED) is 0.743. The van der Waals surface area contributed by atoms with Crippen molar-refractivity contribution < 1.29 is 36.2 Å². The number of rotatable bonds is 3. The first-order valence-electron chi connectivity index (χ1n) is 4.05. The fourth-order valence-electron chi connectivity index (χ4n) is 0.833. The third kappa shape index (κ3) is 4.69. The Labute approximate surface area is 86.4 Å². The van der Waals surface area contributed by atoms with Crippen molar-refractivity contribution in [1.29, 1.82) is 0 Å². The van der Waals surface area contributed by atoms with Gasteiger partial charge in [-0.2, -0.15) is 26.3 Å². The van der Waals surface area contributed by atoms with E-state index in [-0.39, 0.29) is 0 Å². The number of carbonyl (C=O) groups excluding carboxylic acids is 1. The minimum atomic E-state index is -5.71. The van der Waals surface area contributed by atoms with Crippen LogP contribution in [-0.2, 0) is 4.79 Å². The topological polar surface area (TPSA) is 49.3 Å². The molecule has 2 N–H and O–H groups in total. The van der Waals surface area contributed by atoms with E-state index in [1.807, 2.05) is 0 Å². The molecular formula is C7H9F6NO2. The zero-order chi connectivity index (χ0) is 13.1. The lowest BCUT2D eigenvalue weighted by Crippen LogP contribution is -2.49. The lowest BCUT2D eigenvalue weighted by Gasteiger charge is -2.22. The van der Waals surface area contributed by atoms with Crippen molar-refractivity contribution in [1.82, 2.24) is 5.32 Å². The normalized spacial score (nSPS) is 15.1. The molecule has 0 saturated heterocycles. The number of halogens is 6. The predicted molar refractivity (Wildman–Crippen MR) is 40.3 cm³/mol. The Morgan fingerprint density at radius 3 is 1.81 bits per heavy atom. The van der Waals surface area contributed by atoms with Crippen LogP contribution in [-0.4, -0.2) is 36.0 Å². The van der Waals surface area contributed by atoms with Crippen molar-refractivity contribution >= 4 is 5.91 Å². The van der Waals surface area contributed by atoms with Gasteiger partial charge in [-0.25, -0.2) is 0 Å². The Balaban J connectivity index is 4.74. The van der Waals surface area contributed by atoms with Gasteiger partial charge in [0.05, 0.1) is 6.10 Å². The highest BCUT2D eigenvalue weighted by Crippen LogP contribution is 2.39. The lowest BCUT2D eigenvalue weighted by molar-refractivity contribution is -0.274. The molecule has 1 amide bonds. The van der Waals surface area contributed by atoms with E-state index in [1.54, 1.807) is 0 Å². The number of carbonyl (C=O) groups is 1. The van der Waals surface area contributed by atoms with Gasteiger partial charge >= 0.3 is 12.4 Å². The second-order valence-electron chi connectivity index (χ2n) is 3.11. The van der Waals surface area contributed by atoms with Crippen molar-refractivity contribution in [3.05, 3.63) is 0 Å². The first-order chi connectivity index (χ1) is 6.96. The first kappa shape index (κ1) is 15.0. The standard InChI is InChI=1S/C7H9F6NO2/c1-3(15)2-14-5(16)4(6(8,9)10)7(11,12)13/h3-4,15H,2H2,1H3,(H,14,16)/t3-/m1/s1. The average Bonchev–Trinajstić information content (AvgIpc) is 1.94. The molecule has 96 valence electrons. The van der Waals surface area contributed by atoms with Gasteiger partial charge in [-0.3, -0.25) is 4.79 Å². The van der Waals surface area contributed by atoms with Gasteiger partial charge in [-0.05, 0) is 6.92 Å². The molecule has 16 heavy (non-hydrogen) atoms. The Morgan fingerprint density at radius 2 is 1.56 bits per heavy atom. The van der Waals surface area contributed by atoms with Gasteiger partial charge < -0.3 is 10.4 Å². The number of hydrogen-bond acceptors (Lipinski definition) is 2. The zero-order valence-electron chi connectivity index (χ0n) is 7.99. The molecule has 0 unspecified atom stereocenters. The van der Waals surface area contributed by atoms with Gasteiger partial charge in [-0.15, -0.1) is 0 Å². The molecular weight excluding hydrogens is 244 g/mol. The maximum atomic E-state index is 11.9. The summed E-state index contributed by atoms with van der Waals surface area (Å²) < 4.78 is 71.7. The first-order valence-corrected chi connectivity index (χ1v) is 4.05. The van der Waals surface area contributed by atoms with Crippen LogP contribution in [0, 0.1) is 5.92 Å². The lowest BCUT2D eigenvalue weighted by atomic mass is 10.1. The summed E-state index contributed by atoms with van der Waals surface area (Å²) >= 11 is 0. The maximum Gasteiger partial charge on any atom is 0.409 e. The van der Waals surface area contributed by atoms with Crippen LogP contribution in [0.2, 0.25) is 0 Å². The molecule has 0 fully saturated rings. The Kier molecular flexibility index (Phi) is 4.59. The molecule has 0 aliphatic rings. The molecule has 9 heteroatoms. The van der Waals surface area contributed by atoms with E-state index in [9.17, 15) is 31.1 Å². The Hall–Kier alpha value is -0.990. The van der Waals surface area contributed by atoms with Gasteiger partial charge in [-0.1, -0.05) is 0 Å². The van der Waals surface area contributed by atoms with Crippen molar-refractivity contribution in [3.63, 3.8) is 0 Å². The number of alkyl halides is 6. The second-order valence-corrected chi connectivity index (χ2v) is 3.11. The van der Waals surface area contributed by atoms with Gasteiger partial charge in [0, 0.05) is 6.54 Å². The molecule has 0 heterocycles. The third-order valence-electron chi connectivity index (χ3n) is 1.49. The zero-order valence-corrected chi connectivity index (χ0v) is 7.99. The maximum absolute atomic E-state index is 11.9. The smallest absolute Gasteiger partial charge is 0.392 e. The van der Waals surface area contributed by atoms with E-state index in [4.69, 9.17) is 5.11 Å². The fraction of sp³-hybridized carbons (Fsp3) is 0.857. The fourth-order valence-corrected chi connectivity index (χ4v) is 0.833. The number of aliphatic hydroxyl groups excluding tert-OH is 1. The molecule has 0 aromatic rings. The number of amides is 1. The Bertz CT molecular complexity index is 232. The van der Waals surface area contributed by atoms with Crippen LogP contribution in [0.1, 0.15) is 6.92 Å². The molecule has 0 aromatic heterocycles. The number of nitrogens with one attached hydrogen (secondary N) is 1. The summed E-state index contributed by atoms with van der Waals surface area (Å²) in [6.07, 6.45) is -12.6. The summed E-state index contributed by atoms with van der Waals surface area (Å²) in [5.41, 5.74) is 0. The summed E-state index contributed by atoms with van der Waals surface area (Å²) in [5, 5.41) is 9.98. The third-order valence-corrected chi connectivity index (χ3v) is 1.49.